The molecule has 0 unspecified atom stereocenters. The van der Waals surface area contributed by atoms with Crippen molar-refractivity contribution in [1.29, 1.82) is 0 Å². The van der Waals surface area contributed by atoms with Crippen molar-refractivity contribution in [2.24, 2.45) is 0 Å². The van der Waals surface area contributed by atoms with Gasteiger partial charge in [0.05, 0.1) is 37.3 Å². The molecule has 4 amide bonds. The number of nitrogens with one attached hydrogen (secondary N) is 4. The van der Waals surface area contributed by atoms with E-state index in [-0.39, 0.29) is 19.4 Å². The number of carbonyl (C=O) groups excluding carboxylic acids is 5. The topological polar surface area (TPSA) is 242 Å². The van der Waals surface area contributed by atoms with E-state index in [0.29, 0.717) is 22.4 Å². The average molecular weight is 883 g/mol. The maximum Gasteiger partial charge on any atom is 0.408 e. The number of carbonyl (C=O) groups is 5. The number of alkyl carbamates (subject to hydrolysis) is 1. The molecule has 3 rings (SSSR count). The van der Waals surface area contributed by atoms with Gasteiger partial charge in [-0.15, -0.1) is 0 Å². The Kier molecular flexibility index (Phi) is 20.3. The fourth-order valence-corrected chi connectivity index (χ4v) is 6.44. The summed E-state index contributed by atoms with van der Waals surface area (Å²) < 4.78 is 17.1. The maximum atomic E-state index is 13.7. The molecule has 8 N–H and O–H groups in total. The van der Waals surface area contributed by atoms with Gasteiger partial charge in [0.2, 0.25) is 11.8 Å². The van der Waals surface area contributed by atoms with Gasteiger partial charge in [0.25, 0.3) is 5.91 Å². The van der Waals surface area contributed by atoms with Crippen LogP contribution in [0.1, 0.15) is 83.2 Å². The largest absolute Gasteiger partial charge is 0.452 e. The molecule has 3 aromatic carbocycles. The van der Waals surface area contributed by atoms with Crippen molar-refractivity contribution in [2.75, 3.05) is 25.2 Å². The van der Waals surface area contributed by atoms with Gasteiger partial charge in [-0.3, -0.25) is 19.2 Å². The summed E-state index contributed by atoms with van der Waals surface area (Å²) in [5.41, 5.74) is 0.274. The summed E-state index contributed by atoms with van der Waals surface area (Å²) >= 11 is 1.43. The molecule has 0 fully saturated rings. The molecule has 17 heteroatoms. The van der Waals surface area contributed by atoms with Crippen LogP contribution < -0.4 is 21.3 Å². The molecule has 0 saturated carbocycles. The van der Waals surface area contributed by atoms with Crippen molar-refractivity contribution in [2.45, 2.75) is 114 Å². The molecule has 0 aliphatic rings. The third-order valence-electron chi connectivity index (χ3n) is 9.16. The second-order valence-corrected chi connectivity index (χ2v) is 17.5. The Labute approximate surface area is 367 Å². The predicted octanol–water partition coefficient (Wildman–Crippen LogP) is 3.07. The van der Waals surface area contributed by atoms with Gasteiger partial charge in [0.15, 0.2) is 12.2 Å². The summed E-state index contributed by atoms with van der Waals surface area (Å²) in [7, 11) is 0. The van der Waals surface area contributed by atoms with Gasteiger partial charge < -0.3 is 55.9 Å². The molecular weight excluding hydrogens is 821 g/mol. The van der Waals surface area contributed by atoms with Crippen molar-refractivity contribution < 1.29 is 58.6 Å². The smallest absolute Gasteiger partial charge is 0.408 e. The minimum absolute atomic E-state index is 0.180. The number of aliphatic hydroxyl groups excluding tert-OH is 4. The first-order chi connectivity index (χ1) is 29.2. The number of hydrogen-bond donors (Lipinski definition) is 8. The molecule has 0 heterocycles. The molecular formula is C45H62N4O12S. The quantitative estimate of drug-likeness (QED) is 0.0678. The van der Waals surface area contributed by atoms with Crippen molar-refractivity contribution in [3.63, 3.8) is 0 Å². The Balaban J connectivity index is 1.76. The fourth-order valence-electron chi connectivity index (χ4n) is 5.97. The first-order valence-corrected chi connectivity index (χ1v) is 21.6. The Morgan fingerprint density at radius 2 is 1.16 bits per heavy atom. The molecule has 0 aliphatic heterocycles. The van der Waals surface area contributed by atoms with E-state index in [1.165, 1.54) is 11.8 Å². The minimum atomic E-state index is -2.32. The number of benzene rings is 3. The standard InChI is InChI=1S/C45H62N4O12S/c1-44(2,3)59-27-34(48-40(55)31(23-24-62-7)49-43(58)61-45(4,5)6)41(56)47-33(26-50)36(52)37(53)38(54)42(57)46-32(28-17-11-8-12-18-28)25-35(51)60-39(29-19-13-9-14-20-29)30-21-15-10-16-22-30/h8-22,31-34,36-39,50,52-54H,23-27H2,1-7H3,(H,46,57)(H,47,56)(H,48,55)(H,49,58)/t31-,32-,33-,34-,36+,37+,38-/m0/s1. The van der Waals surface area contributed by atoms with Crippen LogP contribution in [0.25, 0.3) is 0 Å². The van der Waals surface area contributed by atoms with Crippen LogP contribution in [0.4, 0.5) is 4.79 Å². The van der Waals surface area contributed by atoms with Crippen molar-refractivity contribution in [3.8, 4) is 0 Å². The lowest BCUT2D eigenvalue weighted by Crippen LogP contribution is -2.61. The molecule has 7 atom stereocenters. The summed E-state index contributed by atoms with van der Waals surface area (Å²) in [6, 6.07) is 21.3. The van der Waals surface area contributed by atoms with E-state index in [9.17, 15) is 44.4 Å². The van der Waals surface area contributed by atoms with Gasteiger partial charge >= 0.3 is 12.1 Å². The van der Waals surface area contributed by atoms with Gasteiger partial charge in [0, 0.05) is 0 Å². The molecule has 62 heavy (non-hydrogen) atoms. The Bertz CT molecular complexity index is 1820. The van der Waals surface area contributed by atoms with Crippen LogP contribution in [0.3, 0.4) is 0 Å². The Hall–Kier alpha value is -5.04. The number of hydrogen-bond acceptors (Lipinski definition) is 13. The zero-order chi connectivity index (χ0) is 46.0. The number of amides is 4. The van der Waals surface area contributed by atoms with E-state index in [2.05, 4.69) is 21.3 Å². The molecule has 0 aliphatic carbocycles. The minimum Gasteiger partial charge on any atom is -0.452 e. The summed E-state index contributed by atoms with van der Waals surface area (Å²) in [5, 5.41) is 53.5. The van der Waals surface area contributed by atoms with E-state index < -0.39 is 96.2 Å². The Morgan fingerprint density at radius 1 is 0.645 bits per heavy atom. The SMILES string of the molecule is CSCC[C@H](NC(=O)OC(C)(C)C)C(=O)N[C@@H](COC(C)(C)C)C(=O)N[C@@H](CO)[C@@H](O)[C@@H](O)[C@H](O)C(=O)N[C@@H](CC(=O)OC(c1ccccc1)c1ccccc1)c1ccccc1. The first kappa shape index (κ1) is 51.3. The molecule has 340 valence electrons. The lowest BCUT2D eigenvalue weighted by atomic mass is 9.98. The van der Waals surface area contributed by atoms with E-state index >= 15 is 0 Å². The van der Waals surface area contributed by atoms with Gasteiger partial charge in [-0.25, -0.2) is 4.79 Å². The van der Waals surface area contributed by atoms with E-state index in [0.717, 1.165) is 0 Å². The van der Waals surface area contributed by atoms with Crippen LogP contribution in [0.15, 0.2) is 91.0 Å². The second-order valence-electron chi connectivity index (χ2n) is 16.6. The number of rotatable bonds is 22. The molecule has 0 aromatic heterocycles. The van der Waals surface area contributed by atoms with Gasteiger partial charge in [0.1, 0.15) is 29.9 Å². The monoisotopic (exact) mass is 882 g/mol. The zero-order valence-corrected chi connectivity index (χ0v) is 37.1. The highest BCUT2D eigenvalue weighted by Crippen LogP contribution is 2.28. The average Bonchev–Trinajstić information content (AvgIpc) is 3.23. The molecule has 0 radical (unpaired) electrons. The molecule has 0 saturated heterocycles. The van der Waals surface area contributed by atoms with Crippen LogP contribution in [0.2, 0.25) is 0 Å². The first-order valence-electron chi connectivity index (χ1n) is 20.3. The van der Waals surface area contributed by atoms with Gasteiger partial charge in [-0.2, -0.15) is 11.8 Å². The molecule has 0 bridgehead atoms. The summed E-state index contributed by atoms with van der Waals surface area (Å²) in [6.07, 6.45) is -6.74. The zero-order valence-electron chi connectivity index (χ0n) is 36.3. The van der Waals surface area contributed by atoms with Crippen LogP contribution in [0, 0.1) is 0 Å². The number of ether oxygens (including phenoxy) is 3. The molecule has 16 nitrogen and oxygen atoms in total. The second kappa shape index (κ2) is 24.6. The summed E-state index contributed by atoms with van der Waals surface area (Å²) in [5.74, 6) is -3.11. The van der Waals surface area contributed by atoms with Crippen LogP contribution in [0.5, 0.6) is 0 Å². The highest BCUT2D eigenvalue weighted by Gasteiger charge is 2.38. The lowest BCUT2D eigenvalue weighted by Gasteiger charge is -2.31. The van der Waals surface area contributed by atoms with Crippen molar-refractivity contribution in [3.05, 3.63) is 108 Å². The van der Waals surface area contributed by atoms with Crippen LogP contribution in [-0.4, -0.2) is 123 Å². The maximum absolute atomic E-state index is 13.7. The predicted molar refractivity (Wildman–Crippen MR) is 234 cm³/mol. The number of thioether (sulfide) groups is 1. The van der Waals surface area contributed by atoms with Crippen LogP contribution in [-0.2, 0) is 33.4 Å². The highest BCUT2D eigenvalue weighted by atomic mass is 32.2. The summed E-state index contributed by atoms with van der Waals surface area (Å²) in [4.78, 5) is 66.9. The Morgan fingerprint density at radius 3 is 1.65 bits per heavy atom. The van der Waals surface area contributed by atoms with E-state index in [1.807, 2.05) is 66.9 Å². The van der Waals surface area contributed by atoms with Crippen LogP contribution >= 0.6 is 11.8 Å². The van der Waals surface area contributed by atoms with Crippen molar-refractivity contribution >= 4 is 41.5 Å². The van der Waals surface area contributed by atoms with E-state index in [1.54, 1.807) is 71.9 Å². The van der Waals surface area contributed by atoms with E-state index in [4.69, 9.17) is 14.2 Å². The van der Waals surface area contributed by atoms with Gasteiger partial charge in [-0.05, 0) is 76.7 Å². The highest BCUT2D eigenvalue weighted by molar-refractivity contribution is 7.98. The normalized spacial score (nSPS) is 15.2. The number of esters is 1. The number of aliphatic hydroxyl groups is 4. The lowest BCUT2D eigenvalue weighted by molar-refractivity contribution is -0.149. The molecule has 0 spiro atoms. The molecule has 3 aromatic rings. The van der Waals surface area contributed by atoms with Crippen molar-refractivity contribution in [1.82, 2.24) is 21.3 Å². The third-order valence-corrected chi connectivity index (χ3v) is 9.80. The third kappa shape index (κ3) is 17.4. The summed E-state index contributed by atoms with van der Waals surface area (Å²) in [6.45, 7) is 8.79. The fraction of sp³-hybridized carbons (Fsp3) is 0.489. The van der Waals surface area contributed by atoms with Gasteiger partial charge in [-0.1, -0.05) is 91.0 Å².